The fourth-order valence-electron chi connectivity index (χ4n) is 2.85. The van der Waals surface area contributed by atoms with Crippen molar-refractivity contribution in [3.05, 3.63) is 66.1 Å². The molecule has 6 heteroatoms. The molecule has 1 N–H and O–H groups in total. The normalized spacial score (nSPS) is 11.1. The predicted molar refractivity (Wildman–Crippen MR) is 113 cm³/mol. The highest BCUT2D eigenvalue weighted by Crippen LogP contribution is 2.37. The molecule has 0 saturated heterocycles. The molecular formula is C22H20FN3OS. The van der Waals surface area contributed by atoms with Crippen LogP contribution in [0.3, 0.4) is 0 Å². The predicted octanol–water partition coefficient (Wildman–Crippen LogP) is 6.28. The van der Waals surface area contributed by atoms with E-state index in [-0.39, 0.29) is 5.82 Å². The van der Waals surface area contributed by atoms with Crippen LogP contribution in [-0.4, -0.2) is 16.6 Å². The van der Waals surface area contributed by atoms with Gasteiger partial charge in [-0.05, 0) is 47.9 Å². The maximum atomic E-state index is 13.3. The summed E-state index contributed by atoms with van der Waals surface area (Å²) >= 11 is 1.54. The summed E-state index contributed by atoms with van der Waals surface area (Å²) in [6.07, 6.45) is 1.55. The van der Waals surface area contributed by atoms with Gasteiger partial charge < -0.3 is 10.1 Å². The number of aromatic nitrogens is 2. The molecule has 28 heavy (non-hydrogen) atoms. The van der Waals surface area contributed by atoms with Crippen molar-refractivity contribution in [1.82, 2.24) is 9.97 Å². The first-order valence-electron chi connectivity index (χ1n) is 9.08. The second-order valence-electron chi connectivity index (χ2n) is 6.91. The van der Waals surface area contributed by atoms with E-state index in [9.17, 15) is 4.39 Å². The molecule has 4 rings (SSSR count). The van der Waals surface area contributed by atoms with Gasteiger partial charge in [0.15, 0.2) is 0 Å². The number of anilines is 2. The molecule has 2 aromatic carbocycles. The fraction of sp³-hybridized carbons (Fsp3) is 0.182. The minimum atomic E-state index is -0.252. The molecule has 4 aromatic rings. The number of nitrogens with one attached hydrogen (secondary N) is 1. The van der Waals surface area contributed by atoms with E-state index in [2.05, 4.69) is 29.1 Å². The average molecular weight is 393 g/mol. The van der Waals surface area contributed by atoms with Gasteiger partial charge in [-0.3, -0.25) is 0 Å². The molecule has 0 bridgehead atoms. The second kappa shape index (κ2) is 7.94. The highest BCUT2D eigenvalue weighted by molar-refractivity contribution is 7.17. The number of ether oxygens (including phenoxy) is 1. The fourth-order valence-corrected chi connectivity index (χ4v) is 3.76. The Morgan fingerprint density at radius 1 is 1.04 bits per heavy atom. The molecule has 142 valence electrons. The van der Waals surface area contributed by atoms with Crippen molar-refractivity contribution in [2.24, 2.45) is 5.92 Å². The molecule has 0 radical (unpaired) electrons. The zero-order chi connectivity index (χ0) is 19.5. The molecule has 2 heterocycles. The van der Waals surface area contributed by atoms with E-state index >= 15 is 0 Å². The van der Waals surface area contributed by atoms with E-state index in [0.717, 1.165) is 38.6 Å². The summed E-state index contributed by atoms with van der Waals surface area (Å²) in [4.78, 5) is 9.70. The van der Waals surface area contributed by atoms with Crippen molar-refractivity contribution in [2.75, 3.05) is 11.9 Å². The number of thiophene rings is 1. The monoisotopic (exact) mass is 393 g/mol. The van der Waals surface area contributed by atoms with Gasteiger partial charge in [-0.2, -0.15) is 0 Å². The molecule has 0 amide bonds. The number of hydrogen-bond donors (Lipinski definition) is 1. The first-order chi connectivity index (χ1) is 13.6. The summed E-state index contributed by atoms with van der Waals surface area (Å²) < 4.78 is 19.0. The van der Waals surface area contributed by atoms with Crippen molar-refractivity contribution in [3.8, 4) is 16.9 Å². The number of nitrogens with zero attached hydrogens (tertiary/aromatic N) is 2. The van der Waals surface area contributed by atoms with Crippen LogP contribution in [0.5, 0.6) is 5.75 Å². The molecular weight excluding hydrogens is 373 g/mol. The smallest absolute Gasteiger partial charge is 0.143 e. The van der Waals surface area contributed by atoms with Crippen LogP contribution < -0.4 is 10.1 Å². The molecule has 0 aliphatic rings. The Bertz CT molecular complexity index is 1080. The number of halogens is 1. The van der Waals surface area contributed by atoms with Gasteiger partial charge in [0.2, 0.25) is 0 Å². The van der Waals surface area contributed by atoms with Gasteiger partial charge in [-0.25, -0.2) is 14.4 Å². The topological polar surface area (TPSA) is 47.0 Å². The molecule has 0 unspecified atom stereocenters. The molecule has 0 aliphatic heterocycles. The SMILES string of the molecule is CC(C)COc1ccc(Nc2ncnc3scc(-c4ccc(F)cc4)c23)cc1. The Hall–Kier alpha value is -2.99. The molecule has 0 fully saturated rings. The summed E-state index contributed by atoms with van der Waals surface area (Å²) in [5, 5.41) is 6.33. The zero-order valence-corrected chi connectivity index (χ0v) is 16.5. The maximum Gasteiger partial charge on any atom is 0.143 e. The summed E-state index contributed by atoms with van der Waals surface area (Å²) in [5.74, 6) is 1.80. The third kappa shape index (κ3) is 3.97. The van der Waals surface area contributed by atoms with Crippen molar-refractivity contribution in [1.29, 1.82) is 0 Å². The van der Waals surface area contributed by atoms with E-state index < -0.39 is 0 Å². The molecule has 0 atom stereocenters. The Morgan fingerprint density at radius 2 is 1.79 bits per heavy atom. The lowest BCUT2D eigenvalue weighted by Crippen LogP contribution is -2.04. The first-order valence-corrected chi connectivity index (χ1v) is 9.96. The van der Waals surface area contributed by atoms with Crippen molar-refractivity contribution in [3.63, 3.8) is 0 Å². The van der Waals surface area contributed by atoms with Crippen LogP contribution in [0.2, 0.25) is 0 Å². The van der Waals surface area contributed by atoms with Gasteiger partial charge in [-0.1, -0.05) is 26.0 Å². The van der Waals surface area contributed by atoms with Crippen LogP contribution in [0.25, 0.3) is 21.3 Å². The first kappa shape index (κ1) is 18.4. The van der Waals surface area contributed by atoms with Gasteiger partial charge in [0, 0.05) is 16.6 Å². The minimum Gasteiger partial charge on any atom is -0.493 e. The van der Waals surface area contributed by atoms with Gasteiger partial charge in [0.05, 0.1) is 12.0 Å². The van der Waals surface area contributed by atoms with E-state index in [1.54, 1.807) is 29.8 Å². The van der Waals surface area contributed by atoms with Crippen LogP contribution in [0.1, 0.15) is 13.8 Å². The van der Waals surface area contributed by atoms with Crippen molar-refractivity contribution >= 4 is 33.1 Å². The van der Waals surface area contributed by atoms with Crippen LogP contribution in [0.15, 0.2) is 60.2 Å². The molecule has 4 nitrogen and oxygen atoms in total. The van der Waals surface area contributed by atoms with E-state index in [4.69, 9.17) is 4.74 Å². The average Bonchev–Trinajstić information content (AvgIpc) is 3.13. The molecule has 0 saturated carbocycles. The Kier molecular flexibility index (Phi) is 5.21. The molecule has 0 aliphatic carbocycles. The standard InChI is InChI=1S/C22H20FN3OS/c1-14(2)11-27-18-9-7-17(8-10-18)26-21-20-19(12-28-22(20)25-13-24-21)15-3-5-16(23)6-4-15/h3-10,12-14H,11H2,1-2H3,(H,24,25,26). The second-order valence-corrected chi connectivity index (χ2v) is 7.77. The Morgan fingerprint density at radius 3 is 2.50 bits per heavy atom. The summed E-state index contributed by atoms with van der Waals surface area (Å²) in [6, 6.07) is 14.3. The summed E-state index contributed by atoms with van der Waals surface area (Å²) in [7, 11) is 0. The van der Waals surface area contributed by atoms with Gasteiger partial charge in [0.25, 0.3) is 0 Å². The van der Waals surface area contributed by atoms with Crippen molar-refractivity contribution in [2.45, 2.75) is 13.8 Å². The van der Waals surface area contributed by atoms with E-state index in [1.807, 2.05) is 29.6 Å². The Balaban J connectivity index is 1.64. The number of benzene rings is 2. The number of rotatable bonds is 6. The van der Waals surface area contributed by atoms with E-state index in [0.29, 0.717) is 12.5 Å². The summed E-state index contributed by atoms with van der Waals surface area (Å²) in [5.41, 5.74) is 2.83. The van der Waals surface area contributed by atoms with Crippen LogP contribution in [0.4, 0.5) is 15.9 Å². The van der Waals surface area contributed by atoms with Gasteiger partial charge in [0.1, 0.15) is 28.5 Å². The van der Waals surface area contributed by atoms with Gasteiger partial charge in [-0.15, -0.1) is 11.3 Å². The highest BCUT2D eigenvalue weighted by Gasteiger charge is 2.13. The lowest BCUT2D eigenvalue weighted by atomic mass is 10.1. The maximum absolute atomic E-state index is 13.3. The number of fused-ring (bicyclic) bond motifs is 1. The third-order valence-electron chi connectivity index (χ3n) is 4.23. The largest absolute Gasteiger partial charge is 0.493 e. The van der Waals surface area contributed by atoms with Crippen LogP contribution >= 0.6 is 11.3 Å². The summed E-state index contributed by atoms with van der Waals surface area (Å²) in [6.45, 7) is 4.93. The third-order valence-corrected chi connectivity index (χ3v) is 5.11. The molecule has 0 spiro atoms. The highest BCUT2D eigenvalue weighted by atomic mass is 32.1. The number of hydrogen-bond acceptors (Lipinski definition) is 5. The van der Waals surface area contributed by atoms with E-state index in [1.165, 1.54) is 12.1 Å². The zero-order valence-electron chi connectivity index (χ0n) is 15.6. The van der Waals surface area contributed by atoms with Gasteiger partial charge >= 0.3 is 0 Å². The minimum absolute atomic E-state index is 0.252. The Labute approximate surface area is 167 Å². The lowest BCUT2D eigenvalue weighted by Gasteiger charge is -2.11. The van der Waals surface area contributed by atoms with Crippen LogP contribution in [0, 0.1) is 11.7 Å². The van der Waals surface area contributed by atoms with Crippen molar-refractivity contribution < 1.29 is 9.13 Å². The lowest BCUT2D eigenvalue weighted by molar-refractivity contribution is 0.271. The molecule has 2 aromatic heterocycles. The quantitative estimate of drug-likeness (QED) is 0.419. The van der Waals surface area contributed by atoms with Crippen LogP contribution in [-0.2, 0) is 0 Å².